The van der Waals surface area contributed by atoms with E-state index < -0.39 is 26.7 Å². The van der Waals surface area contributed by atoms with Crippen molar-refractivity contribution in [3.63, 3.8) is 0 Å². The number of Topliss-reactive ketones (excluding diaryl/α,β-unsaturated/α-hetero) is 1. The molecule has 0 unspecified atom stereocenters. The number of aromatic carboxylic acids is 1. The molecular weight excluding hydrogens is 1080 g/mol. The van der Waals surface area contributed by atoms with Gasteiger partial charge in [0.2, 0.25) is 5.36 Å². The van der Waals surface area contributed by atoms with E-state index in [9.17, 15) is 23.1 Å². The highest BCUT2D eigenvalue weighted by Crippen LogP contribution is 2.42. The molecule has 0 radical (unpaired) electrons. The van der Waals surface area contributed by atoms with Crippen LogP contribution in [0.5, 0.6) is 0 Å². The molecule has 2 saturated heterocycles. The maximum atomic E-state index is 13.8. The van der Waals surface area contributed by atoms with E-state index in [1.54, 1.807) is 12.1 Å². The number of carbonyl (C=O) groups is 2. The Morgan fingerprint density at radius 3 is 1.81 bits per heavy atom. The van der Waals surface area contributed by atoms with Gasteiger partial charge in [0.05, 0.1) is 96.9 Å². The van der Waals surface area contributed by atoms with E-state index in [1.807, 2.05) is 30.3 Å². The van der Waals surface area contributed by atoms with Gasteiger partial charge >= 0.3 is 10.6 Å². The number of anilines is 1. The minimum absolute atomic E-state index is 0.0229. The van der Waals surface area contributed by atoms with Gasteiger partial charge in [0.1, 0.15) is 11.3 Å². The molecule has 3 heterocycles. The Morgan fingerprint density at radius 1 is 0.658 bits per heavy atom. The number of benzene rings is 3. The largest absolute Gasteiger partial charge is 0.545 e. The van der Waals surface area contributed by atoms with Gasteiger partial charge in [0.15, 0.2) is 18.9 Å². The first-order chi connectivity index (χ1) is 38.3. The summed E-state index contributed by atoms with van der Waals surface area (Å²) < 4.78 is 99.6. The van der Waals surface area contributed by atoms with Crippen LogP contribution in [-0.2, 0) is 49.1 Å². The Morgan fingerprint density at radius 2 is 1.23 bits per heavy atom. The van der Waals surface area contributed by atoms with Gasteiger partial charge < -0.3 is 47.6 Å². The quantitative estimate of drug-likeness (QED) is 0.0154. The third-order valence-corrected chi connectivity index (χ3v) is 14.7. The first kappa shape index (κ1) is 65.4. The smallest absolute Gasteiger partial charge is 0.425 e. The van der Waals surface area contributed by atoms with Crippen LogP contribution in [0, 0.1) is 0 Å². The number of carboxylic acid groups (broad SMARTS) is 1. The summed E-state index contributed by atoms with van der Waals surface area (Å²) in [5.74, 6) is -0.386. The standard InChI is InChI=1S/C56H81ClN4O13S.O3S/c1-2-3-19-58-21-25-60(26-22-58)46-13-16-49-53(43-46)74-54-44-47(61-27-23-59(24-28-61)20-7-9-41-75(65,66)67)14-17-50(54)55(49)51-42-45(12-15-48(51)56(63)64)52(62)11-10-30-69-32-34-71-36-38-73-40-39-72-37-35-70-33-31-68-29-8-5-4-6-18-57;1-4(2)3/h12-17,42-44H,2-11,18-41H2,1H3,(H-,63,64,65,66,67);. The van der Waals surface area contributed by atoms with Crippen molar-refractivity contribution < 1.29 is 73.1 Å². The molecule has 4 aliphatic rings. The topological polar surface area (TPSA) is 244 Å². The average molecular weight is 1170 g/mol. The van der Waals surface area contributed by atoms with E-state index in [-0.39, 0.29) is 23.5 Å². The molecule has 440 valence electrons. The maximum Gasteiger partial charge on any atom is 0.425 e. The average Bonchev–Trinajstić information content (AvgIpc) is 3.53. The van der Waals surface area contributed by atoms with Crippen LogP contribution in [0.4, 0.5) is 5.69 Å². The molecule has 2 fully saturated rings. The summed E-state index contributed by atoms with van der Waals surface area (Å²) in [5, 5.41) is 14.6. The number of hydrogen-bond donors (Lipinski definition) is 1. The molecule has 0 spiro atoms. The summed E-state index contributed by atoms with van der Waals surface area (Å²) in [6.07, 6.45) is 8.50. The Labute approximate surface area is 472 Å². The second kappa shape index (κ2) is 36.8. The van der Waals surface area contributed by atoms with Gasteiger partial charge in [0, 0.05) is 97.2 Å². The number of rotatable bonds is 37. The van der Waals surface area contributed by atoms with Gasteiger partial charge in [-0.05, 0) is 81.4 Å². The van der Waals surface area contributed by atoms with Crippen molar-refractivity contribution >= 4 is 60.7 Å². The summed E-state index contributed by atoms with van der Waals surface area (Å²) in [7, 11) is -7.08. The highest BCUT2D eigenvalue weighted by atomic mass is 35.5. The molecule has 3 aliphatic heterocycles. The lowest BCUT2D eigenvalue weighted by molar-refractivity contribution is -0.254. The number of unbranched alkanes of at least 4 members (excludes halogenated alkanes) is 5. The predicted molar refractivity (Wildman–Crippen MR) is 301 cm³/mol. The van der Waals surface area contributed by atoms with Crippen molar-refractivity contribution in [2.45, 2.75) is 71.1 Å². The normalized spacial score (nSPS) is 14.5. The highest BCUT2D eigenvalue weighted by molar-refractivity contribution is 7.85. The van der Waals surface area contributed by atoms with E-state index in [2.05, 4.69) is 32.3 Å². The molecular formula is C56H81ClN4O16S2. The zero-order chi connectivity index (χ0) is 56.7. The van der Waals surface area contributed by atoms with Gasteiger partial charge in [0.25, 0.3) is 10.1 Å². The fourth-order valence-electron chi connectivity index (χ4n) is 9.45. The van der Waals surface area contributed by atoms with Crippen molar-refractivity contribution in [2.24, 2.45) is 0 Å². The first-order valence-electron chi connectivity index (χ1n) is 27.7. The number of ether oxygens (including phenoxy) is 6. The third-order valence-electron chi connectivity index (χ3n) is 13.7. The van der Waals surface area contributed by atoms with E-state index in [1.165, 1.54) is 12.5 Å². The molecule has 0 atom stereocenters. The van der Waals surface area contributed by atoms with Crippen molar-refractivity contribution in [1.82, 2.24) is 14.4 Å². The zero-order valence-electron chi connectivity index (χ0n) is 45.8. The van der Waals surface area contributed by atoms with Crippen LogP contribution in [0.3, 0.4) is 0 Å². The number of alkyl halides is 1. The van der Waals surface area contributed by atoms with Crippen molar-refractivity contribution in [2.75, 3.05) is 161 Å². The van der Waals surface area contributed by atoms with Gasteiger partial charge in [-0.1, -0.05) is 38.3 Å². The number of halogens is 1. The Bertz CT molecular complexity index is 2720. The summed E-state index contributed by atoms with van der Waals surface area (Å²) in [6.45, 7) is 16.6. The first-order valence-corrected chi connectivity index (χ1v) is 30.8. The van der Waals surface area contributed by atoms with Crippen molar-refractivity contribution in [3.05, 3.63) is 71.1 Å². The van der Waals surface area contributed by atoms with E-state index in [0.717, 1.165) is 127 Å². The summed E-state index contributed by atoms with van der Waals surface area (Å²) in [6, 6.07) is 16.8. The van der Waals surface area contributed by atoms with Crippen molar-refractivity contribution in [3.8, 4) is 22.5 Å². The molecule has 6 rings (SSSR count). The minimum atomic E-state index is -3.97. The Kier molecular flexibility index (Phi) is 30.5. The van der Waals surface area contributed by atoms with Crippen molar-refractivity contribution in [1.29, 1.82) is 0 Å². The molecule has 1 N–H and O–H groups in total. The van der Waals surface area contributed by atoms with Gasteiger partial charge in [-0.2, -0.15) is 8.42 Å². The lowest BCUT2D eigenvalue weighted by atomic mass is 9.88. The number of nitrogens with zero attached hydrogens (tertiary/aromatic N) is 4. The lowest BCUT2D eigenvalue weighted by Gasteiger charge is -2.36. The highest BCUT2D eigenvalue weighted by Gasteiger charge is 2.25. The molecule has 0 bridgehead atoms. The Balaban J connectivity index is 0.00000277. The number of piperazine rings is 2. The van der Waals surface area contributed by atoms with Crippen LogP contribution in [-0.4, -0.2) is 204 Å². The Hall–Kier alpha value is -4.43. The number of carboxylic acids is 1. The van der Waals surface area contributed by atoms with Crippen LogP contribution in [0.2, 0.25) is 0 Å². The fraction of sp³-hybridized carbons (Fsp3) is 0.625. The van der Waals surface area contributed by atoms with Gasteiger partial charge in [-0.3, -0.25) is 19.1 Å². The van der Waals surface area contributed by atoms with Crippen LogP contribution in [0.15, 0.2) is 59.0 Å². The minimum Gasteiger partial charge on any atom is -0.545 e. The lowest BCUT2D eigenvalue weighted by Crippen LogP contribution is -2.48. The summed E-state index contributed by atoms with van der Waals surface area (Å²) in [4.78, 5) is 33.7. The zero-order valence-corrected chi connectivity index (χ0v) is 48.2. The van der Waals surface area contributed by atoms with Crippen LogP contribution in [0.25, 0.3) is 33.4 Å². The molecule has 0 aromatic heterocycles. The second-order valence-corrected chi connectivity index (χ2v) is 21.8. The van der Waals surface area contributed by atoms with E-state index in [4.69, 9.17) is 61.6 Å². The number of ketones is 1. The monoisotopic (exact) mass is 1160 g/mol. The molecule has 2 aromatic rings. The molecule has 0 amide bonds. The fourth-order valence-corrected chi connectivity index (χ4v) is 10.2. The third kappa shape index (κ3) is 24.3. The number of hydrogen-bond acceptors (Lipinski definition) is 18. The molecule has 79 heavy (non-hydrogen) atoms. The molecule has 2 aromatic carbocycles. The van der Waals surface area contributed by atoms with Crippen LogP contribution in [0.1, 0.15) is 91.8 Å². The number of fused-ring (bicyclic) bond motifs is 2. The van der Waals surface area contributed by atoms with Gasteiger partial charge in [-0.25, -0.2) is 4.58 Å². The molecule has 0 saturated carbocycles. The second-order valence-electron chi connectivity index (χ2n) is 19.4. The maximum absolute atomic E-state index is 13.8. The summed E-state index contributed by atoms with van der Waals surface area (Å²) >= 11 is 5.69. The molecule has 1 aliphatic carbocycles. The summed E-state index contributed by atoms with van der Waals surface area (Å²) in [5.41, 5.74) is 3.67. The number of carbonyl (C=O) groups excluding carboxylic acids is 2. The van der Waals surface area contributed by atoms with Crippen LogP contribution < -0.4 is 19.9 Å². The predicted octanol–water partition coefficient (Wildman–Crippen LogP) is 5.10. The van der Waals surface area contributed by atoms with E-state index >= 15 is 0 Å². The molecule has 20 nitrogen and oxygen atoms in total. The SMILES string of the molecule is CCCCN1CC[N+](=c2ccc3c(-c4cc(C(=O)CCCOCCOCCOCCOCCOCCOCCCCCCCl)ccc4C(=O)[O-])c4ccc(N5CCN(CCCCS(=O)(=O)O)CC5)cc4oc-3c2)CC1.O=S(=O)=O. The van der Waals surface area contributed by atoms with Gasteiger partial charge in [-0.15, -0.1) is 24.2 Å². The van der Waals surface area contributed by atoms with Crippen LogP contribution >= 0.6 is 11.6 Å². The van der Waals surface area contributed by atoms with E-state index in [0.29, 0.717) is 125 Å². The molecule has 23 heteroatoms.